The summed E-state index contributed by atoms with van der Waals surface area (Å²) in [5.41, 5.74) is 4.92. The average Bonchev–Trinajstić information content (AvgIpc) is 3.52. The van der Waals surface area contributed by atoms with E-state index in [1.165, 1.54) is 11.1 Å². The van der Waals surface area contributed by atoms with E-state index in [1.54, 1.807) is 19.0 Å². The molecule has 0 spiro atoms. The maximum absolute atomic E-state index is 13.5. The van der Waals surface area contributed by atoms with Gasteiger partial charge in [-0.25, -0.2) is 5.01 Å². The van der Waals surface area contributed by atoms with Crippen molar-refractivity contribution >= 4 is 17.5 Å². The lowest BCUT2D eigenvalue weighted by molar-refractivity contribution is -0.145. The molecule has 0 unspecified atom stereocenters. The van der Waals surface area contributed by atoms with Crippen molar-refractivity contribution in [1.29, 1.82) is 0 Å². The van der Waals surface area contributed by atoms with Crippen molar-refractivity contribution in [2.45, 2.75) is 53.1 Å². The number of likely N-dealkylation sites (N-methyl/N-ethyl adjacent to an activating group) is 1. The first-order chi connectivity index (χ1) is 17.9. The van der Waals surface area contributed by atoms with Crippen LogP contribution in [0.1, 0.15) is 48.7 Å². The van der Waals surface area contributed by atoms with Gasteiger partial charge in [0.15, 0.2) is 5.82 Å². The molecule has 1 N–H and O–H groups in total. The predicted molar refractivity (Wildman–Crippen MR) is 142 cm³/mol. The van der Waals surface area contributed by atoms with E-state index in [1.807, 2.05) is 47.2 Å². The number of anilines is 1. The summed E-state index contributed by atoms with van der Waals surface area (Å²) >= 11 is 0. The van der Waals surface area contributed by atoms with Gasteiger partial charge in [-0.2, -0.15) is 4.98 Å². The van der Waals surface area contributed by atoms with Crippen LogP contribution in [0.3, 0.4) is 0 Å². The fourth-order valence-electron chi connectivity index (χ4n) is 4.51. The molecule has 0 bridgehead atoms. The summed E-state index contributed by atoms with van der Waals surface area (Å²) in [6.45, 7) is 7.98. The first kappa shape index (κ1) is 26.3. The molecule has 9 nitrogen and oxygen atoms in total. The molecule has 4 rings (SSSR count). The molecule has 1 aliphatic heterocycles. The number of nitrogens with zero attached hydrogens (tertiary/aromatic N) is 5. The van der Waals surface area contributed by atoms with Gasteiger partial charge in [0, 0.05) is 37.9 Å². The van der Waals surface area contributed by atoms with Crippen molar-refractivity contribution in [3.63, 3.8) is 0 Å². The largest absolute Gasteiger partial charge is 0.355 e. The highest BCUT2D eigenvalue weighted by Gasteiger charge is 2.27. The van der Waals surface area contributed by atoms with Crippen LogP contribution in [-0.2, 0) is 22.7 Å². The number of hydrogen-bond acceptors (Lipinski definition) is 7. The number of benzene rings is 2. The Balaban J connectivity index is 1.53. The summed E-state index contributed by atoms with van der Waals surface area (Å²) in [6, 6.07) is 14.0. The molecular formula is C28H36N6O3. The Morgan fingerprint density at radius 1 is 1.05 bits per heavy atom. The normalized spacial score (nSPS) is 12.9. The number of amides is 2. The van der Waals surface area contributed by atoms with Crippen LogP contribution in [0.2, 0.25) is 0 Å². The van der Waals surface area contributed by atoms with Crippen LogP contribution >= 0.6 is 0 Å². The van der Waals surface area contributed by atoms with Gasteiger partial charge < -0.3 is 14.7 Å². The minimum atomic E-state index is -0.112. The van der Waals surface area contributed by atoms with Crippen LogP contribution in [0.25, 0.3) is 11.5 Å². The van der Waals surface area contributed by atoms with E-state index in [9.17, 15) is 9.59 Å². The van der Waals surface area contributed by atoms with Crippen LogP contribution in [0.4, 0.5) is 5.69 Å². The highest BCUT2D eigenvalue weighted by Crippen LogP contribution is 2.28. The molecule has 3 aromatic rings. The Hall–Kier alpha value is -3.72. The third-order valence-electron chi connectivity index (χ3n) is 6.70. The second-order valence-corrected chi connectivity index (χ2v) is 9.57. The van der Waals surface area contributed by atoms with Gasteiger partial charge >= 0.3 is 0 Å². The highest BCUT2D eigenvalue weighted by molar-refractivity contribution is 5.87. The highest BCUT2D eigenvalue weighted by atomic mass is 16.5. The van der Waals surface area contributed by atoms with Gasteiger partial charge in [0.2, 0.25) is 5.91 Å². The van der Waals surface area contributed by atoms with Crippen molar-refractivity contribution in [3.05, 3.63) is 65.0 Å². The lowest BCUT2D eigenvalue weighted by Crippen LogP contribution is -2.48. The van der Waals surface area contributed by atoms with E-state index in [0.717, 1.165) is 36.1 Å². The number of carbonyl (C=O) groups excluding carboxylic acids is 2. The number of aryl methyl sites for hydroxylation is 2. The molecule has 0 saturated heterocycles. The molecule has 0 aliphatic carbocycles. The lowest BCUT2D eigenvalue weighted by atomic mass is 10.1. The van der Waals surface area contributed by atoms with E-state index >= 15 is 0 Å². The molecule has 0 atom stereocenters. The van der Waals surface area contributed by atoms with E-state index in [2.05, 4.69) is 34.5 Å². The fraction of sp³-hybridized carbons (Fsp3) is 0.429. The van der Waals surface area contributed by atoms with Gasteiger partial charge in [0.25, 0.3) is 11.8 Å². The number of hydrogen-bond donors (Lipinski definition) is 1. The number of hydrazine groups is 1. The van der Waals surface area contributed by atoms with Crippen LogP contribution in [-0.4, -0.2) is 58.7 Å². The standard InChI is InChI=1S/C28H36N6O3/c1-5-6-9-14-29-26(35)18-33(25-15-22(13-12-20(25)2)28-30-21(3)31-37-28)19-27(36)32(4)34-16-23-10-7-8-11-24(23)17-34/h7-8,10-13,15H,5-6,9,14,16-19H2,1-4H3,(H,29,35). The van der Waals surface area contributed by atoms with Crippen molar-refractivity contribution in [3.8, 4) is 11.5 Å². The number of aromatic nitrogens is 2. The Kier molecular flexibility index (Phi) is 8.55. The van der Waals surface area contributed by atoms with E-state index in [-0.39, 0.29) is 24.9 Å². The van der Waals surface area contributed by atoms with Gasteiger partial charge in [-0.3, -0.25) is 14.6 Å². The number of carbonyl (C=O) groups is 2. The third-order valence-corrected chi connectivity index (χ3v) is 6.70. The van der Waals surface area contributed by atoms with E-state index in [4.69, 9.17) is 4.52 Å². The summed E-state index contributed by atoms with van der Waals surface area (Å²) in [4.78, 5) is 32.5. The molecule has 0 radical (unpaired) electrons. The number of rotatable bonds is 11. The predicted octanol–water partition coefficient (Wildman–Crippen LogP) is 3.86. The van der Waals surface area contributed by atoms with Gasteiger partial charge in [-0.05, 0) is 49.1 Å². The summed E-state index contributed by atoms with van der Waals surface area (Å²) in [6.07, 6.45) is 3.09. The number of unbranched alkanes of at least 4 members (excludes halogenated alkanes) is 2. The van der Waals surface area contributed by atoms with Gasteiger partial charge in [0.05, 0.1) is 13.1 Å². The Morgan fingerprint density at radius 3 is 2.43 bits per heavy atom. The monoisotopic (exact) mass is 504 g/mol. The van der Waals surface area contributed by atoms with E-state index in [0.29, 0.717) is 31.3 Å². The summed E-state index contributed by atoms with van der Waals surface area (Å²) < 4.78 is 5.36. The Labute approximate surface area is 218 Å². The van der Waals surface area contributed by atoms with E-state index < -0.39 is 0 Å². The second-order valence-electron chi connectivity index (χ2n) is 9.57. The Morgan fingerprint density at radius 2 is 1.78 bits per heavy atom. The van der Waals surface area contributed by atoms with Crippen molar-refractivity contribution in [1.82, 2.24) is 25.5 Å². The minimum Gasteiger partial charge on any atom is -0.355 e. The molecule has 0 fully saturated rings. The molecule has 9 heteroatoms. The van der Waals surface area contributed by atoms with Crippen molar-refractivity contribution in [2.75, 3.05) is 31.6 Å². The summed E-state index contributed by atoms with van der Waals surface area (Å²) in [5, 5.41) is 10.6. The molecular weight excluding hydrogens is 468 g/mol. The zero-order valence-corrected chi connectivity index (χ0v) is 22.2. The SMILES string of the molecule is CCCCCNC(=O)CN(CC(=O)N(C)N1Cc2ccccc2C1)c1cc(-c2nc(C)no2)ccc1C. The zero-order valence-electron chi connectivity index (χ0n) is 22.2. The van der Waals surface area contributed by atoms with Crippen LogP contribution in [0.15, 0.2) is 47.0 Å². The van der Waals surface area contributed by atoms with Crippen LogP contribution in [0.5, 0.6) is 0 Å². The van der Waals surface area contributed by atoms with Crippen LogP contribution in [0, 0.1) is 13.8 Å². The summed E-state index contributed by atoms with van der Waals surface area (Å²) in [5.74, 6) is 0.744. The molecule has 2 amide bonds. The molecule has 2 aromatic carbocycles. The first-order valence-corrected chi connectivity index (χ1v) is 12.9. The second kappa shape index (κ2) is 12.0. The maximum Gasteiger partial charge on any atom is 0.257 e. The lowest BCUT2D eigenvalue weighted by Gasteiger charge is -2.32. The molecule has 0 saturated carbocycles. The smallest absolute Gasteiger partial charge is 0.257 e. The minimum absolute atomic E-state index is 0.0544. The van der Waals surface area contributed by atoms with Crippen molar-refractivity contribution < 1.29 is 14.1 Å². The molecule has 1 aliphatic rings. The average molecular weight is 505 g/mol. The van der Waals surface area contributed by atoms with Gasteiger partial charge in [-0.15, -0.1) is 0 Å². The van der Waals surface area contributed by atoms with Gasteiger partial charge in [0.1, 0.15) is 0 Å². The van der Waals surface area contributed by atoms with Crippen molar-refractivity contribution in [2.24, 2.45) is 0 Å². The maximum atomic E-state index is 13.5. The first-order valence-electron chi connectivity index (χ1n) is 12.9. The van der Waals surface area contributed by atoms with Gasteiger partial charge in [-0.1, -0.05) is 55.3 Å². The molecule has 1 aromatic heterocycles. The quantitative estimate of drug-likeness (QED) is 0.396. The number of fused-ring (bicyclic) bond motifs is 1. The molecule has 2 heterocycles. The zero-order chi connectivity index (χ0) is 26.4. The molecule has 196 valence electrons. The fourth-order valence-corrected chi connectivity index (χ4v) is 4.51. The topological polar surface area (TPSA) is 94.8 Å². The third kappa shape index (κ3) is 6.54. The number of nitrogens with one attached hydrogen (secondary N) is 1. The van der Waals surface area contributed by atoms with Crippen LogP contribution < -0.4 is 10.2 Å². The summed E-state index contributed by atoms with van der Waals surface area (Å²) in [7, 11) is 1.79. The Bertz CT molecular complexity index is 1220. The molecule has 37 heavy (non-hydrogen) atoms.